The molecule has 4 heterocycles. The van der Waals surface area contributed by atoms with Gasteiger partial charge in [-0.3, -0.25) is 14.4 Å². The second kappa shape index (κ2) is 11.4. The van der Waals surface area contributed by atoms with Gasteiger partial charge in [-0.2, -0.15) is 0 Å². The summed E-state index contributed by atoms with van der Waals surface area (Å²) in [4.78, 5) is 44.5. The Hall–Kier alpha value is -4.28. The molecule has 2 saturated heterocycles. The molecule has 0 saturated carbocycles. The predicted molar refractivity (Wildman–Crippen MR) is 164 cm³/mol. The van der Waals surface area contributed by atoms with E-state index in [9.17, 15) is 14.4 Å². The lowest BCUT2D eigenvalue weighted by molar-refractivity contribution is -0.116. The molecule has 0 aliphatic carbocycles. The first-order valence-electron chi connectivity index (χ1n) is 15.1. The fraction of sp³-hybridized carbons (Fsp3) is 0.364. The highest BCUT2D eigenvalue weighted by molar-refractivity contribution is 6.04. The van der Waals surface area contributed by atoms with Crippen molar-refractivity contribution in [3.05, 3.63) is 70.3 Å². The predicted octanol–water partition coefficient (Wildman–Crippen LogP) is 4.64. The SMILES string of the molecule is O=C(CCN1CCCC1)Nc1c(F)cc2c(=O)c(C(=O)NCCN3CCCC3)cn3c2c1Oc1cc2ccccc2cc1-3. The zero-order valence-corrected chi connectivity index (χ0v) is 24.0. The number of carbonyl (C=O) groups is 2. The van der Waals surface area contributed by atoms with Crippen LogP contribution < -0.4 is 20.8 Å². The molecule has 2 fully saturated rings. The molecular formula is C33H34FN5O4. The van der Waals surface area contributed by atoms with Crippen molar-refractivity contribution in [3.63, 3.8) is 0 Å². The van der Waals surface area contributed by atoms with Gasteiger partial charge in [-0.05, 0) is 80.8 Å². The third-order valence-electron chi connectivity index (χ3n) is 8.77. The molecule has 0 bridgehead atoms. The molecule has 43 heavy (non-hydrogen) atoms. The quantitative estimate of drug-likeness (QED) is 0.277. The number of aromatic nitrogens is 1. The fourth-order valence-corrected chi connectivity index (χ4v) is 6.48. The molecule has 222 valence electrons. The molecular weight excluding hydrogens is 549 g/mol. The Bertz CT molecular complexity index is 1810. The lowest BCUT2D eigenvalue weighted by Crippen LogP contribution is -2.36. The highest BCUT2D eigenvalue weighted by atomic mass is 19.1. The zero-order chi connectivity index (χ0) is 29.5. The smallest absolute Gasteiger partial charge is 0.256 e. The van der Waals surface area contributed by atoms with E-state index in [1.165, 1.54) is 6.20 Å². The lowest BCUT2D eigenvalue weighted by atomic mass is 10.0. The van der Waals surface area contributed by atoms with Crippen molar-refractivity contribution < 1.29 is 18.7 Å². The fourth-order valence-electron chi connectivity index (χ4n) is 6.48. The maximum atomic E-state index is 15.8. The van der Waals surface area contributed by atoms with E-state index in [0.29, 0.717) is 36.6 Å². The molecule has 9 nitrogen and oxygen atoms in total. The van der Waals surface area contributed by atoms with Gasteiger partial charge >= 0.3 is 0 Å². The van der Waals surface area contributed by atoms with E-state index in [4.69, 9.17) is 4.74 Å². The average Bonchev–Trinajstić information content (AvgIpc) is 3.73. The van der Waals surface area contributed by atoms with Crippen LogP contribution in [0.3, 0.4) is 0 Å². The third-order valence-corrected chi connectivity index (χ3v) is 8.77. The van der Waals surface area contributed by atoms with E-state index >= 15 is 4.39 Å². The number of hydrogen-bond acceptors (Lipinski definition) is 6. The molecule has 0 atom stereocenters. The molecule has 3 aliphatic rings. The average molecular weight is 584 g/mol. The minimum atomic E-state index is -0.795. The van der Waals surface area contributed by atoms with Crippen LogP contribution in [-0.2, 0) is 4.79 Å². The van der Waals surface area contributed by atoms with E-state index in [-0.39, 0.29) is 34.7 Å². The van der Waals surface area contributed by atoms with Gasteiger partial charge in [0.15, 0.2) is 17.3 Å². The van der Waals surface area contributed by atoms with Gasteiger partial charge in [0, 0.05) is 32.3 Å². The minimum absolute atomic E-state index is 0.00793. The van der Waals surface area contributed by atoms with Gasteiger partial charge in [0.25, 0.3) is 5.91 Å². The van der Waals surface area contributed by atoms with Gasteiger partial charge in [0.2, 0.25) is 11.3 Å². The number of likely N-dealkylation sites (tertiary alicyclic amines) is 2. The number of hydrogen-bond donors (Lipinski definition) is 2. The lowest BCUT2D eigenvalue weighted by Gasteiger charge is -2.26. The summed E-state index contributed by atoms with van der Waals surface area (Å²) in [6.45, 7) is 5.62. The summed E-state index contributed by atoms with van der Waals surface area (Å²) >= 11 is 0. The Morgan fingerprint density at radius 1 is 0.907 bits per heavy atom. The first kappa shape index (κ1) is 27.5. The van der Waals surface area contributed by atoms with Crippen molar-refractivity contribution in [2.24, 2.45) is 0 Å². The highest BCUT2D eigenvalue weighted by Gasteiger charge is 2.30. The van der Waals surface area contributed by atoms with Gasteiger partial charge in [-0.15, -0.1) is 0 Å². The molecule has 4 aromatic rings. The summed E-state index contributed by atoms with van der Waals surface area (Å²) < 4.78 is 23.8. The third kappa shape index (κ3) is 5.25. The number of fused-ring (bicyclic) bond motifs is 3. The Balaban J connectivity index is 1.30. The summed E-state index contributed by atoms with van der Waals surface area (Å²) in [5.74, 6) is -1.17. The zero-order valence-electron chi connectivity index (χ0n) is 24.0. The molecule has 0 radical (unpaired) electrons. The van der Waals surface area contributed by atoms with Gasteiger partial charge in [0.1, 0.15) is 16.8 Å². The summed E-state index contributed by atoms with van der Waals surface area (Å²) in [5, 5.41) is 7.46. The van der Waals surface area contributed by atoms with Crippen LogP contribution in [0.1, 0.15) is 42.5 Å². The molecule has 0 unspecified atom stereocenters. The maximum Gasteiger partial charge on any atom is 0.256 e. The van der Waals surface area contributed by atoms with Gasteiger partial charge in [0.05, 0.1) is 11.1 Å². The summed E-state index contributed by atoms with van der Waals surface area (Å²) in [6.07, 6.45) is 6.24. The maximum absolute atomic E-state index is 15.8. The van der Waals surface area contributed by atoms with E-state index < -0.39 is 17.2 Å². The van der Waals surface area contributed by atoms with Crippen LogP contribution in [0.25, 0.3) is 27.4 Å². The van der Waals surface area contributed by atoms with E-state index in [1.807, 2.05) is 36.4 Å². The van der Waals surface area contributed by atoms with Crippen LogP contribution in [0.5, 0.6) is 11.5 Å². The molecule has 0 spiro atoms. The number of amides is 2. The largest absolute Gasteiger partial charge is 0.451 e. The van der Waals surface area contributed by atoms with Crippen molar-refractivity contribution in [1.82, 2.24) is 19.7 Å². The Morgan fingerprint density at radius 2 is 1.58 bits per heavy atom. The molecule has 2 amide bonds. The monoisotopic (exact) mass is 583 g/mol. The molecule has 3 aliphatic heterocycles. The number of anilines is 1. The summed E-state index contributed by atoms with van der Waals surface area (Å²) in [6, 6.07) is 12.6. The van der Waals surface area contributed by atoms with Crippen molar-refractivity contribution in [2.75, 3.05) is 51.1 Å². The number of carbonyl (C=O) groups excluding carboxylic acids is 2. The Morgan fingerprint density at radius 3 is 2.30 bits per heavy atom. The first-order chi connectivity index (χ1) is 21.0. The molecule has 3 aromatic carbocycles. The summed E-state index contributed by atoms with van der Waals surface area (Å²) in [5.41, 5.74) is 0.124. The number of nitrogens with one attached hydrogen (secondary N) is 2. The topological polar surface area (TPSA) is 95.9 Å². The van der Waals surface area contributed by atoms with Crippen LogP contribution in [0.2, 0.25) is 0 Å². The van der Waals surface area contributed by atoms with E-state index in [2.05, 4.69) is 20.4 Å². The first-order valence-corrected chi connectivity index (χ1v) is 15.1. The molecule has 2 N–H and O–H groups in total. The van der Waals surface area contributed by atoms with Crippen molar-refractivity contribution in [2.45, 2.75) is 32.1 Å². The number of benzene rings is 3. The standard InChI is InChI=1S/C33H34FN5O4/c34-25-19-23-30-32(29(25)36-28(40)9-15-37-11-3-4-12-37)43-27-18-22-8-2-1-7-21(22)17-26(27)39(30)20-24(31(23)41)33(42)35-10-16-38-13-5-6-14-38/h1-2,7-8,17-20H,3-6,9-16H2,(H,35,42)(H,36,40). The Labute approximate surface area is 248 Å². The van der Waals surface area contributed by atoms with Crippen molar-refractivity contribution >= 4 is 39.2 Å². The van der Waals surface area contributed by atoms with E-state index in [0.717, 1.165) is 68.7 Å². The number of pyridine rings is 1. The second-order valence-corrected chi connectivity index (χ2v) is 11.6. The minimum Gasteiger partial charge on any atom is -0.451 e. The van der Waals surface area contributed by atoms with Crippen LogP contribution in [-0.4, -0.2) is 72.0 Å². The number of nitrogens with zero attached hydrogens (tertiary/aromatic N) is 3. The normalized spacial score (nSPS) is 16.4. The van der Waals surface area contributed by atoms with Gasteiger partial charge in [-0.25, -0.2) is 4.39 Å². The molecule has 7 rings (SSSR count). The van der Waals surface area contributed by atoms with Gasteiger partial charge in [-0.1, -0.05) is 24.3 Å². The molecule has 10 heteroatoms. The Kier molecular flexibility index (Phi) is 7.32. The van der Waals surface area contributed by atoms with Crippen molar-refractivity contribution in [1.29, 1.82) is 0 Å². The highest BCUT2D eigenvalue weighted by Crippen LogP contribution is 2.46. The van der Waals surface area contributed by atoms with E-state index in [1.54, 1.807) is 4.57 Å². The van der Waals surface area contributed by atoms with Crippen molar-refractivity contribution in [3.8, 4) is 17.2 Å². The van der Waals surface area contributed by atoms with Gasteiger partial charge < -0.3 is 29.7 Å². The second-order valence-electron chi connectivity index (χ2n) is 11.6. The van der Waals surface area contributed by atoms with Crippen LogP contribution >= 0.6 is 0 Å². The van der Waals surface area contributed by atoms with Crippen LogP contribution in [0, 0.1) is 5.82 Å². The number of halogens is 1. The number of ether oxygens (including phenoxy) is 1. The molecule has 1 aromatic heterocycles. The van der Waals surface area contributed by atoms with Crippen LogP contribution in [0.4, 0.5) is 10.1 Å². The number of rotatable bonds is 8. The van der Waals surface area contributed by atoms with Crippen LogP contribution in [0.15, 0.2) is 53.5 Å². The summed E-state index contributed by atoms with van der Waals surface area (Å²) in [7, 11) is 0.